The number of fused-ring (bicyclic) bond motifs is 1. The van der Waals surface area contributed by atoms with Gasteiger partial charge >= 0.3 is 0 Å². The summed E-state index contributed by atoms with van der Waals surface area (Å²) in [6.07, 6.45) is 0.871. The highest BCUT2D eigenvalue weighted by Crippen LogP contribution is 2.19. The Balaban J connectivity index is 2.15. The molecule has 0 radical (unpaired) electrons. The Morgan fingerprint density at radius 3 is 2.89 bits per heavy atom. The summed E-state index contributed by atoms with van der Waals surface area (Å²) in [5, 5.41) is 8.50. The lowest BCUT2D eigenvalue weighted by molar-refractivity contribution is 0.389. The van der Waals surface area contributed by atoms with Crippen molar-refractivity contribution in [1.29, 1.82) is 0 Å². The van der Waals surface area contributed by atoms with Crippen molar-refractivity contribution in [3.8, 4) is 0 Å². The first-order chi connectivity index (χ1) is 9.10. The van der Waals surface area contributed by atoms with E-state index in [4.69, 9.17) is 16.7 Å². The summed E-state index contributed by atoms with van der Waals surface area (Å²) in [5.41, 5.74) is 3.88. The number of aryl methyl sites for hydroxylation is 3. The molecule has 0 aliphatic heterocycles. The zero-order valence-electron chi connectivity index (χ0n) is 11.1. The van der Waals surface area contributed by atoms with Gasteiger partial charge < -0.3 is 9.51 Å². The normalized spacial score (nSPS) is 11.5. The van der Waals surface area contributed by atoms with Gasteiger partial charge in [0.15, 0.2) is 10.4 Å². The Labute approximate surface area is 115 Å². The summed E-state index contributed by atoms with van der Waals surface area (Å²) in [6.45, 7) is 4.54. The van der Waals surface area contributed by atoms with E-state index in [9.17, 15) is 0 Å². The van der Waals surface area contributed by atoms with E-state index in [2.05, 4.69) is 22.2 Å². The molecule has 3 aromatic heterocycles. The molecule has 0 aliphatic carbocycles. The van der Waals surface area contributed by atoms with Gasteiger partial charge in [-0.25, -0.2) is 0 Å². The van der Waals surface area contributed by atoms with Crippen molar-refractivity contribution < 1.29 is 4.52 Å². The second-order valence-electron chi connectivity index (χ2n) is 4.57. The van der Waals surface area contributed by atoms with E-state index in [0.717, 1.165) is 34.7 Å². The molecule has 3 heterocycles. The molecule has 0 spiro atoms. The molecule has 19 heavy (non-hydrogen) atoms. The van der Waals surface area contributed by atoms with E-state index >= 15 is 0 Å². The summed E-state index contributed by atoms with van der Waals surface area (Å²) in [6, 6.07) is 1.91. The molecule has 0 aliphatic rings. The van der Waals surface area contributed by atoms with Crippen LogP contribution in [0.4, 0.5) is 0 Å². The lowest BCUT2D eigenvalue weighted by Crippen LogP contribution is -2.04. The van der Waals surface area contributed by atoms with Gasteiger partial charge in [-0.1, -0.05) is 12.1 Å². The average Bonchev–Trinajstić information content (AvgIpc) is 3.00. The van der Waals surface area contributed by atoms with Crippen LogP contribution in [0.3, 0.4) is 0 Å². The Kier molecular flexibility index (Phi) is 2.78. The van der Waals surface area contributed by atoms with Gasteiger partial charge in [0.05, 0.1) is 12.2 Å². The Bertz CT molecular complexity index is 791. The topological polar surface area (TPSA) is 64.6 Å². The van der Waals surface area contributed by atoms with Crippen LogP contribution in [-0.4, -0.2) is 24.5 Å². The molecule has 0 saturated heterocycles. The second kappa shape index (κ2) is 4.34. The molecule has 1 N–H and O–H groups in total. The predicted molar refractivity (Wildman–Crippen MR) is 73.6 cm³/mol. The van der Waals surface area contributed by atoms with Gasteiger partial charge in [-0.3, -0.25) is 9.25 Å². The monoisotopic (exact) mass is 277 g/mol. The summed E-state index contributed by atoms with van der Waals surface area (Å²) in [7, 11) is 1.93. The minimum atomic E-state index is 0.582. The molecular formula is C12H15N5OS. The van der Waals surface area contributed by atoms with E-state index in [-0.39, 0.29) is 0 Å². The molecule has 0 unspecified atom stereocenters. The third-order valence-electron chi connectivity index (χ3n) is 3.15. The van der Waals surface area contributed by atoms with Gasteiger partial charge in [0.25, 0.3) is 0 Å². The maximum absolute atomic E-state index is 5.39. The molecule has 100 valence electrons. The van der Waals surface area contributed by atoms with E-state index in [1.165, 1.54) is 0 Å². The van der Waals surface area contributed by atoms with Gasteiger partial charge in [-0.2, -0.15) is 5.10 Å². The number of hydrogen-bond donors (Lipinski definition) is 1. The highest BCUT2D eigenvalue weighted by Gasteiger charge is 2.15. The lowest BCUT2D eigenvalue weighted by Gasteiger charge is -2.01. The first kappa shape index (κ1) is 12.2. The van der Waals surface area contributed by atoms with E-state index < -0.39 is 0 Å². The van der Waals surface area contributed by atoms with Gasteiger partial charge in [-0.05, 0) is 25.6 Å². The fourth-order valence-electron chi connectivity index (χ4n) is 2.33. The maximum atomic E-state index is 5.39. The SMILES string of the molecule is CCc1nn(C)c2c1[nH]c(=S)n2Cc1cc(C)on1. The van der Waals surface area contributed by atoms with Crippen molar-refractivity contribution in [2.75, 3.05) is 0 Å². The molecule has 0 fully saturated rings. The van der Waals surface area contributed by atoms with Crippen LogP contribution >= 0.6 is 12.2 Å². The first-order valence-electron chi connectivity index (χ1n) is 6.16. The average molecular weight is 277 g/mol. The van der Waals surface area contributed by atoms with Crippen molar-refractivity contribution in [3.05, 3.63) is 28.0 Å². The van der Waals surface area contributed by atoms with Crippen molar-refractivity contribution in [1.82, 2.24) is 24.5 Å². The number of aromatic amines is 1. The van der Waals surface area contributed by atoms with Gasteiger partial charge in [0, 0.05) is 13.1 Å². The van der Waals surface area contributed by atoms with Crippen LogP contribution in [0.25, 0.3) is 11.2 Å². The van der Waals surface area contributed by atoms with Gasteiger partial charge in [0.1, 0.15) is 17.0 Å². The number of H-pyrrole nitrogens is 1. The van der Waals surface area contributed by atoms with Crippen LogP contribution in [0.1, 0.15) is 24.1 Å². The first-order valence-corrected chi connectivity index (χ1v) is 6.57. The Hall–Kier alpha value is -1.89. The number of nitrogens with zero attached hydrogens (tertiary/aromatic N) is 4. The lowest BCUT2D eigenvalue weighted by atomic mass is 10.3. The fraction of sp³-hybridized carbons (Fsp3) is 0.417. The van der Waals surface area contributed by atoms with Crippen LogP contribution in [0, 0.1) is 11.7 Å². The third-order valence-corrected chi connectivity index (χ3v) is 3.48. The van der Waals surface area contributed by atoms with Gasteiger partial charge in [-0.15, -0.1) is 0 Å². The van der Waals surface area contributed by atoms with Crippen molar-refractivity contribution in [2.24, 2.45) is 7.05 Å². The molecule has 3 aromatic rings. The zero-order valence-corrected chi connectivity index (χ0v) is 11.9. The van der Waals surface area contributed by atoms with Crippen molar-refractivity contribution >= 4 is 23.4 Å². The van der Waals surface area contributed by atoms with Crippen LogP contribution in [-0.2, 0) is 20.0 Å². The molecule has 0 atom stereocenters. The minimum Gasteiger partial charge on any atom is -0.361 e. The number of nitrogens with one attached hydrogen (secondary N) is 1. The largest absolute Gasteiger partial charge is 0.361 e. The smallest absolute Gasteiger partial charge is 0.179 e. The molecule has 7 heteroatoms. The highest BCUT2D eigenvalue weighted by atomic mass is 32.1. The number of hydrogen-bond acceptors (Lipinski definition) is 4. The van der Waals surface area contributed by atoms with E-state index in [0.29, 0.717) is 11.3 Å². The second-order valence-corrected chi connectivity index (χ2v) is 4.95. The van der Waals surface area contributed by atoms with Crippen molar-refractivity contribution in [3.63, 3.8) is 0 Å². The summed E-state index contributed by atoms with van der Waals surface area (Å²) in [4.78, 5) is 3.23. The van der Waals surface area contributed by atoms with Crippen molar-refractivity contribution in [2.45, 2.75) is 26.8 Å². The van der Waals surface area contributed by atoms with E-state index in [1.807, 2.05) is 29.3 Å². The molecule has 0 amide bonds. The summed E-state index contributed by atoms with van der Waals surface area (Å²) in [5.74, 6) is 0.799. The number of imidazole rings is 1. The molecule has 6 nitrogen and oxygen atoms in total. The number of aromatic nitrogens is 5. The maximum Gasteiger partial charge on any atom is 0.179 e. The zero-order chi connectivity index (χ0) is 13.6. The van der Waals surface area contributed by atoms with Crippen LogP contribution in [0.2, 0.25) is 0 Å². The van der Waals surface area contributed by atoms with Crippen LogP contribution in [0.15, 0.2) is 10.6 Å². The molecule has 3 rings (SSSR count). The Morgan fingerprint density at radius 1 is 1.47 bits per heavy atom. The molecule has 0 saturated carbocycles. The molecule has 0 bridgehead atoms. The predicted octanol–water partition coefficient (Wildman–Crippen LogP) is 2.34. The summed E-state index contributed by atoms with van der Waals surface area (Å²) >= 11 is 5.39. The van der Waals surface area contributed by atoms with Crippen LogP contribution in [0.5, 0.6) is 0 Å². The third kappa shape index (κ3) is 1.90. The van der Waals surface area contributed by atoms with E-state index in [1.54, 1.807) is 0 Å². The van der Waals surface area contributed by atoms with Gasteiger partial charge in [0.2, 0.25) is 0 Å². The molecular weight excluding hydrogens is 262 g/mol. The Morgan fingerprint density at radius 2 is 2.26 bits per heavy atom. The summed E-state index contributed by atoms with van der Waals surface area (Å²) < 4.78 is 9.62. The highest BCUT2D eigenvalue weighted by molar-refractivity contribution is 7.71. The number of rotatable bonds is 3. The molecule has 0 aromatic carbocycles. The standard InChI is InChI=1S/C12H15N5OS/c1-4-9-10-11(16(3)14-9)17(12(19)13-10)6-8-5-7(2)18-15-8/h5H,4,6H2,1-3H3,(H,13,19). The fourth-order valence-corrected chi connectivity index (χ4v) is 2.58. The quantitative estimate of drug-likeness (QED) is 0.746. The van der Waals surface area contributed by atoms with Crippen LogP contribution < -0.4 is 0 Å². The minimum absolute atomic E-state index is 0.582.